The summed E-state index contributed by atoms with van der Waals surface area (Å²) < 4.78 is 17.5. The highest BCUT2D eigenvalue weighted by molar-refractivity contribution is 5.75. The minimum Gasteiger partial charge on any atom is -0.469 e. The van der Waals surface area contributed by atoms with Crippen molar-refractivity contribution < 1.29 is 19.0 Å². The molecule has 4 nitrogen and oxygen atoms in total. The van der Waals surface area contributed by atoms with E-state index in [4.69, 9.17) is 14.2 Å². The van der Waals surface area contributed by atoms with E-state index >= 15 is 0 Å². The number of rotatable bonds is 8. The molecule has 2 saturated carbocycles. The van der Waals surface area contributed by atoms with Gasteiger partial charge in [0.1, 0.15) is 11.5 Å². The molecule has 31 heavy (non-hydrogen) atoms. The van der Waals surface area contributed by atoms with E-state index in [0.29, 0.717) is 11.3 Å². The van der Waals surface area contributed by atoms with Crippen LogP contribution < -0.4 is 4.74 Å². The SMILES string of the molecule is COC(=O)C1CC1CCCC12CCC(c3cccc(Oc4ccccc4)c3)(CC1)OC2. The zero-order chi connectivity index (χ0) is 21.3. The minimum absolute atomic E-state index is 0.0231. The number of benzene rings is 2. The topological polar surface area (TPSA) is 44.8 Å². The zero-order valence-electron chi connectivity index (χ0n) is 18.3. The van der Waals surface area contributed by atoms with Gasteiger partial charge in [-0.25, -0.2) is 0 Å². The van der Waals surface area contributed by atoms with Crippen LogP contribution in [0.25, 0.3) is 0 Å². The molecule has 0 spiro atoms. The van der Waals surface area contributed by atoms with Crippen molar-refractivity contribution >= 4 is 5.97 Å². The lowest BCUT2D eigenvalue weighted by atomic mass is 9.62. The first kappa shape index (κ1) is 20.6. The van der Waals surface area contributed by atoms with Crippen molar-refractivity contribution in [2.24, 2.45) is 17.3 Å². The maximum Gasteiger partial charge on any atom is 0.308 e. The fraction of sp³-hybridized carbons (Fsp3) is 0.519. The Labute approximate surface area is 184 Å². The van der Waals surface area contributed by atoms with Crippen molar-refractivity contribution in [1.82, 2.24) is 0 Å². The number of hydrogen-bond donors (Lipinski definition) is 0. The van der Waals surface area contributed by atoms with Crippen LogP contribution in [0.15, 0.2) is 54.6 Å². The Hall–Kier alpha value is -2.33. The lowest BCUT2D eigenvalue weighted by molar-refractivity contribution is -0.192. The number of carbonyl (C=O) groups excluding carboxylic acids is 1. The van der Waals surface area contributed by atoms with Gasteiger partial charge in [0.2, 0.25) is 0 Å². The van der Waals surface area contributed by atoms with E-state index < -0.39 is 0 Å². The van der Waals surface area contributed by atoms with Gasteiger partial charge in [-0.1, -0.05) is 36.8 Å². The van der Waals surface area contributed by atoms with Crippen LogP contribution in [0.5, 0.6) is 11.5 Å². The minimum atomic E-state index is -0.162. The molecule has 0 aromatic heterocycles. The standard InChI is InChI=1S/C27H32O4/c1-29-25(28)24-17-20(24)7-6-12-26-13-15-27(16-14-26,30-19-26)21-8-5-11-23(18-21)31-22-9-3-2-4-10-22/h2-5,8-11,18,20,24H,6-7,12-17,19H2,1H3. The fourth-order valence-electron chi connectivity index (χ4n) is 5.67. The Kier molecular flexibility index (Phi) is 5.51. The molecule has 2 saturated heterocycles. The maximum atomic E-state index is 11.6. The molecule has 2 unspecified atom stereocenters. The van der Waals surface area contributed by atoms with Crippen LogP contribution in [0.1, 0.15) is 56.9 Å². The van der Waals surface area contributed by atoms with Gasteiger partial charge in [0.25, 0.3) is 0 Å². The second kappa shape index (κ2) is 8.31. The predicted octanol–water partition coefficient (Wildman–Crippen LogP) is 6.24. The number of fused-ring (bicyclic) bond motifs is 3. The summed E-state index contributed by atoms with van der Waals surface area (Å²) >= 11 is 0. The lowest BCUT2D eigenvalue weighted by Gasteiger charge is -2.53. The molecule has 2 heterocycles. The van der Waals surface area contributed by atoms with E-state index in [9.17, 15) is 4.79 Å². The summed E-state index contributed by atoms with van der Waals surface area (Å²) in [6, 6.07) is 18.4. The summed E-state index contributed by atoms with van der Waals surface area (Å²) in [5.74, 6) is 2.41. The van der Waals surface area contributed by atoms with Gasteiger partial charge in [0, 0.05) is 0 Å². The molecule has 0 N–H and O–H groups in total. The Morgan fingerprint density at radius 1 is 1.03 bits per heavy atom. The van der Waals surface area contributed by atoms with Crippen LogP contribution in [0, 0.1) is 17.3 Å². The first-order chi connectivity index (χ1) is 15.1. The van der Waals surface area contributed by atoms with Gasteiger partial charge >= 0.3 is 5.97 Å². The number of para-hydroxylation sites is 1. The molecule has 0 radical (unpaired) electrons. The molecule has 2 aliphatic heterocycles. The Bertz CT molecular complexity index is 897. The third-order valence-corrected chi connectivity index (χ3v) is 7.82. The van der Waals surface area contributed by atoms with Crippen molar-refractivity contribution in [2.75, 3.05) is 13.7 Å². The molecule has 0 amide bonds. The molecule has 2 aliphatic carbocycles. The quantitative estimate of drug-likeness (QED) is 0.474. The normalized spacial score (nSPS) is 31.3. The van der Waals surface area contributed by atoms with Crippen molar-refractivity contribution in [3.05, 3.63) is 60.2 Å². The van der Waals surface area contributed by atoms with Gasteiger partial charge in [0.15, 0.2) is 0 Å². The van der Waals surface area contributed by atoms with Gasteiger partial charge in [-0.2, -0.15) is 0 Å². The third-order valence-electron chi connectivity index (χ3n) is 7.82. The molecule has 164 valence electrons. The van der Waals surface area contributed by atoms with Crippen molar-refractivity contribution in [3.8, 4) is 11.5 Å². The second-order valence-corrected chi connectivity index (χ2v) is 9.74. The summed E-state index contributed by atoms with van der Waals surface area (Å²) in [4.78, 5) is 11.6. The molecule has 2 aromatic carbocycles. The first-order valence-corrected chi connectivity index (χ1v) is 11.7. The fourth-order valence-corrected chi connectivity index (χ4v) is 5.67. The van der Waals surface area contributed by atoms with Crippen LogP contribution in [-0.4, -0.2) is 19.7 Å². The average molecular weight is 421 g/mol. The molecule has 4 aliphatic rings. The third kappa shape index (κ3) is 4.23. The Morgan fingerprint density at radius 2 is 1.81 bits per heavy atom. The summed E-state index contributed by atoms with van der Waals surface area (Å²) in [5.41, 5.74) is 1.41. The van der Waals surface area contributed by atoms with E-state index in [-0.39, 0.29) is 17.5 Å². The number of ether oxygens (including phenoxy) is 3. The molecule has 2 atom stereocenters. The van der Waals surface area contributed by atoms with Gasteiger partial charge < -0.3 is 14.2 Å². The van der Waals surface area contributed by atoms with E-state index in [1.165, 1.54) is 38.4 Å². The van der Waals surface area contributed by atoms with Gasteiger partial charge in [-0.05, 0) is 86.1 Å². The molecular weight excluding hydrogens is 388 g/mol. The molecule has 2 bridgehead atoms. The van der Waals surface area contributed by atoms with E-state index in [1.807, 2.05) is 36.4 Å². The van der Waals surface area contributed by atoms with Gasteiger partial charge in [-0.3, -0.25) is 4.79 Å². The molecule has 6 rings (SSSR count). The van der Waals surface area contributed by atoms with Crippen molar-refractivity contribution in [2.45, 2.75) is 57.0 Å². The maximum absolute atomic E-state index is 11.6. The van der Waals surface area contributed by atoms with Crippen molar-refractivity contribution in [1.29, 1.82) is 0 Å². The van der Waals surface area contributed by atoms with E-state index in [2.05, 4.69) is 18.2 Å². The lowest BCUT2D eigenvalue weighted by Crippen LogP contribution is -2.49. The monoisotopic (exact) mass is 420 g/mol. The Morgan fingerprint density at radius 3 is 2.52 bits per heavy atom. The summed E-state index contributed by atoms with van der Waals surface area (Å²) in [6.45, 7) is 0.849. The van der Waals surface area contributed by atoms with Crippen LogP contribution in [0.3, 0.4) is 0 Å². The highest BCUT2D eigenvalue weighted by Gasteiger charge is 2.50. The van der Waals surface area contributed by atoms with E-state index in [0.717, 1.165) is 43.8 Å². The molecule has 2 aromatic rings. The highest BCUT2D eigenvalue weighted by Crippen LogP contribution is 2.56. The van der Waals surface area contributed by atoms with Crippen LogP contribution in [0.4, 0.5) is 0 Å². The number of hydrogen-bond acceptors (Lipinski definition) is 4. The zero-order valence-corrected chi connectivity index (χ0v) is 18.3. The number of methoxy groups -OCH3 is 1. The first-order valence-electron chi connectivity index (χ1n) is 11.7. The highest BCUT2D eigenvalue weighted by atomic mass is 16.5. The van der Waals surface area contributed by atoms with Gasteiger partial charge in [0.05, 0.1) is 25.2 Å². The van der Waals surface area contributed by atoms with Gasteiger partial charge in [-0.15, -0.1) is 0 Å². The number of carbonyl (C=O) groups is 1. The summed E-state index contributed by atoms with van der Waals surface area (Å²) in [6.07, 6.45) is 9.17. The largest absolute Gasteiger partial charge is 0.469 e. The second-order valence-electron chi connectivity index (χ2n) is 9.74. The predicted molar refractivity (Wildman–Crippen MR) is 119 cm³/mol. The number of esters is 1. The van der Waals surface area contributed by atoms with Crippen LogP contribution in [0.2, 0.25) is 0 Å². The summed E-state index contributed by atoms with van der Waals surface area (Å²) in [5, 5.41) is 0. The Balaban J connectivity index is 1.17. The average Bonchev–Trinajstić information content (AvgIpc) is 3.60. The molecule has 4 heteroatoms. The van der Waals surface area contributed by atoms with Crippen LogP contribution >= 0.6 is 0 Å². The van der Waals surface area contributed by atoms with E-state index in [1.54, 1.807) is 0 Å². The summed E-state index contributed by atoms with van der Waals surface area (Å²) in [7, 11) is 1.49. The molecular formula is C27H32O4. The van der Waals surface area contributed by atoms with Crippen molar-refractivity contribution in [3.63, 3.8) is 0 Å². The van der Waals surface area contributed by atoms with Crippen LogP contribution in [-0.2, 0) is 19.9 Å². The molecule has 4 fully saturated rings. The smallest absolute Gasteiger partial charge is 0.308 e.